The van der Waals surface area contributed by atoms with Gasteiger partial charge in [0, 0.05) is 5.56 Å². The van der Waals surface area contributed by atoms with Crippen LogP contribution in [0.1, 0.15) is 22.2 Å². The van der Waals surface area contributed by atoms with Crippen molar-refractivity contribution in [2.75, 3.05) is 0 Å². The van der Waals surface area contributed by atoms with Gasteiger partial charge >= 0.3 is 0 Å². The summed E-state index contributed by atoms with van der Waals surface area (Å²) in [5.74, 6) is -0.722. The third kappa shape index (κ3) is 2.18. The molecule has 0 saturated heterocycles. The number of halogens is 1. The molecule has 0 bridgehead atoms. The summed E-state index contributed by atoms with van der Waals surface area (Å²) in [6.45, 7) is 0. The first-order valence-corrected chi connectivity index (χ1v) is 4.75. The molecule has 0 aliphatic carbocycles. The summed E-state index contributed by atoms with van der Waals surface area (Å²) in [7, 11) is 0. The summed E-state index contributed by atoms with van der Waals surface area (Å²) >= 11 is 0. The number of Topliss-reactive ketones (excluding diaryl/α,β-unsaturated/α-hetero) is 1. The Morgan fingerprint density at radius 1 is 1.41 bits per heavy atom. The van der Waals surface area contributed by atoms with E-state index >= 15 is 0 Å². The minimum Gasteiger partial charge on any atom is -0.289 e. The number of alkyl halides is 1. The number of aromatic nitrogens is 3. The van der Waals surface area contributed by atoms with Crippen molar-refractivity contribution in [2.24, 2.45) is 0 Å². The number of benzene rings is 1. The largest absolute Gasteiger partial charge is 0.289 e. The standard InChI is InChI=1S/C11H7FN4O/c12-11(16-7-14-6-15-16)10(17)9-3-1-8(5-13)2-4-9/h1-4,6-7,11H. The van der Waals surface area contributed by atoms with Gasteiger partial charge in [-0.2, -0.15) is 10.4 Å². The molecule has 0 radical (unpaired) electrons. The average molecular weight is 230 g/mol. The van der Waals surface area contributed by atoms with Crippen molar-refractivity contribution in [1.29, 1.82) is 5.26 Å². The summed E-state index contributed by atoms with van der Waals surface area (Å²) in [5.41, 5.74) is 0.602. The fourth-order valence-corrected chi connectivity index (χ4v) is 1.30. The molecule has 0 aliphatic rings. The summed E-state index contributed by atoms with van der Waals surface area (Å²) < 4.78 is 14.5. The van der Waals surface area contributed by atoms with Crippen LogP contribution in [0, 0.1) is 11.3 Å². The van der Waals surface area contributed by atoms with Crippen molar-refractivity contribution in [3.8, 4) is 6.07 Å². The van der Waals surface area contributed by atoms with Crippen molar-refractivity contribution < 1.29 is 9.18 Å². The van der Waals surface area contributed by atoms with Crippen LogP contribution in [0.3, 0.4) is 0 Å². The van der Waals surface area contributed by atoms with E-state index in [4.69, 9.17) is 5.26 Å². The lowest BCUT2D eigenvalue weighted by molar-refractivity contribution is 0.0779. The van der Waals surface area contributed by atoms with Crippen molar-refractivity contribution in [2.45, 2.75) is 6.30 Å². The maximum atomic E-state index is 13.7. The van der Waals surface area contributed by atoms with Gasteiger partial charge in [-0.05, 0) is 24.3 Å². The van der Waals surface area contributed by atoms with Crippen LogP contribution in [-0.4, -0.2) is 20.5 Å². The highest BCUT2D eigenvalue weighted by Crippen LogP contribution is 2.15. The second kappa shape index (κ2) is 4.53. The molecule has 6 heteroatoms. The third-order valence-electron chi connectivity index (χ3n) is 2.18. The van der Waals surface area contributed by atoms with Gasteiger partial charge in [-0.3, -0.25) is 4.79 Å². The molecule has 0 amide bonds. The molecule has 0 spiro atoms. The number of hydrogen-bond donors (Lipinski definition) is 0. The van der Waals surface area contributed by atoms with Crippen molar-refractivity contribution in [3.05, 3.63) is 48.0 Å². The zero-order valence-electron chi connectivity index (χ0n) is 8.62. The molecule has 0 fully saturated rings. The van der Waals surface area contributed by atoms with E-state index in [1.54, 1.807) is 0 Å². The smallest absolute Gasteiger partial charge is 0.255 e. The van der Waals surface area contributed by atoms with E-state index in [0.29, 0.717) is 5.56 Å². The lowest BCUT2D eigenvalue weighted by Gasteiger charge is -2.06. The van der Waals surface area contributed by atoms with Crippen LogP contribution in [0.25, 0.3) is 0 Å². The van der Waals surface area contributed by atoms with Crippen molar-refractivity contribution in [3.63, 3.8) is 0 Å². The van der Waals surface area contributed by atoms with E-state index in [1.807, 2.05) is 6.07 Å². The Morgan fingerprint density at radius 3 is 2.65 bits per heavy atom. The molecular formula is C11H7FN4O. The van der Waals surface area contributed by atoms with Crippen LogP contribution in [0.2, 0.25) is 0 Å². The first kappa shape index (κ1) is 11.0. The highest BCUT2D eigenvalue weighted by atomic mass is 19.1. The van der Waals surface area contributed by atoms with E-state index in [-0.39, 0.29) is 5.56 Å². The first-order valence-electron chi connectivity index (χ1n) is 4.75. The van der Waals surface area contributed by atoms with E-state index in [1.165, 1.54) is 24.3 Å². The fraction of sp³-hybridized carbons (Fsp3) is 0.0909. The van der Waals surface area contributed by atoms with Crippen LogP contribution in [0.4, 0.5) is 4.39 Å². The number of rotatable bonds is 3. The Bertz CT molecular complexity index is 556. The van der Waals surface area contributed by atoms with Gasteiger partial charge in [-0.15, -0.1) is 0 Å². The van der Waals surface area contributed by atoms with Gasteiger partial charge in [0.25, 0.3) is 6.30 Å². The van der Waals surface area contributed by atoms with E-state index in [0.717, 1.165) is 17.3 Å². The Labute approximate surface area is 96.1 Å². The predicted octanol–water partition coefficient (Wildman–Crippen LogP) is 1.50. The van der Waals surface area contributed by atoms with Gasteiger partial charge < -0.3 is 0 Å². The molecule has 2 aromatic rings. The van der Waals surface area contributed by atoms with E-state index in [9.17, 15) is 9.18 Å². The highest BCUT2D eigenvalue weighted by Gasteiger charge is 2.21. The van der Waals surface area contributed by atoms with Crippen molar-refractivity contribution >= 4 is 5.78 Å². The molecule has 0 N–H and O–H groups in total. The van der Waals surface area contributed by atoms with Crippen LogP contribution in [0.5, 0.6) is 0 Å². The first-order chi connectivity index (χ1) is 8.22. The summed E-state index contributed by atoms with van der Waals surface area (Å²) in [4.78, 5) is 15.3. The average Bonchev–Trinajstić information content (AvgIpc) is 2.91. The maximum Gasteiger partial charge on any atom is 0.255 e. The van der Waals surface area contributed by atoms with Gasteiger partial charge in [0.2, 0.25) is 5.78 Å². The SMILES string of the molecule is N#Cc1ccc(C(=O)C(F)n2cncn2)cc1. The zero-order chi connectivity index (χ0) is 12.3. The molecular weight excluding hydrogens is 223 g/mol. The quantitative estimate of drug-likeness (QED) is 0.749. The van der Waals surface area contributed by atoms with Gasteiger partial charge in [0.05, 0.1) is 11.6 Å². The molecule has 1 aromatic heterocycles. The topological polar surface area (TPSA) is 71.6 Å². The molecule has 5 nitrogen and oxygen atoms in total. The molecule has 1 aromatic carbocycles. The predicted molar refractivity (Wildman–Crippen MR) is 55.7 cm³/mol. The monoisotopic (exact) mass is 230 g/mol. The fourth-order valence-electron chi connectivity index (χ4n) is 1.30. The normalized spacial score (nSPS) is 11.8. The summed E-state index contributed by atoms with van der Waals surface area (Å²) in [6.07, 6.45) is 0.385. The Hall–Kier alpha value is -2.55. The van der Waals surface area contributed by atoms with Crippen LogP contribution in [-0.2, 0) is 0 Å². The highest BCUT2D eigenvalue weighted by molar-refractivity contribution is 5.98. The number of carbonyl (C=O) groups excluding carboxylic acids is 1. The van der Waals surface area contributed by atoms with Gasteiger partial charge in [0.1, 0.15) is 12.7 Å². The molecule has 0 saturated carbocycles. The minimum absolute atomic E-state index is 0.187. The number of hydrogen-bond acceptors (Lipinski definition) is 4. The number of nitriles is 1. The lowest BCUT2D eigenvalue weighted by Crippen LogP contribution is -2.15. The van der Waals surface area contributed by atoms with Crippen LogP contribution >= 0.6 is 0 Å². The van der Waals surface area contributed by atoms with Crippen LogP contribution < -0.4 is 0 Å². The second-order valence-electron chi connectivity index (χ2n) is 3.26. The molecule has 0 aliphatic heterocycles. The number of carbonyl (C=O) groups is 1. The van der Waals surface area contributed by atoms with Crippen LogP contribution in [0.15, 0.2) is 36.9 Å². The van der Waals surface area contributed by atoms with Crippen molar-refractivity contribution in [1.82, 2.24) is 14.8 Å². The minimum atomic E-state index is -1.90. The van der Waals surface area contributed by atoms with E-state index < -0.39 is 12.1 Å². The molecule has 2 rings (SSSR count). The number of nitrogens with zero attached hydrogens (tertiary/aromatic N) is 4. The number of ketones is 1. The van der Waals surface area contributed by atoms with Gasteiger partial charge in [-0.25, -0.2) is 14.1 Å². The maximum absolute atomic E-state index is 13.7. The zero-order valence-corrected chi connectivity index (χ0v) is 8.62. The molecule has 84 valence electrons. The summed E-state index contributed by atoms with van der Waals surface area (Å²) in [5, 5.41) is 12.1. The lowest BCUT2D eigenvalue weighted by atomic mass is 10.1. The Balaban J connectivity index is 2.22. The second-order valence-corrected chi connectivity index (χ2v) is 3.26. The van der Waals surface area contributed by atoms with Gasteiger partial charge in [-0.1, -0.05) is 0 Å². The molecule has 17 heavy (non-hydrogen) atoms. The third-order valence-corrected chi connectivity index (χ3v) is 2.18. The van der Waals surface area contributed by atoms with Gasteiger partial charge in [0.15, 0.2) is 0 Å². The molecule has 1 heterocycles. The molecule has 1 unspecified atom stereocenters. The Morgan fingerprint density at radius 2 is 2.12 bits per heavy atom. The van der Waals surface area contributed by atoms with E-state index in [2.05, 4.69) is 10.1 Å². The summed E-state index contributed by atoms with van der Waals surface area (Å²) in [6, 6.07) is 7.65. The Kier molecular flexibility index (Phi) is 2.92. The molecule has 1 atom stereocenters.